The van der Waals surface area contributed by atoms with Crippen LogP contribution in [0, 0.1) is 0 Å². The Morgan fingerprint density at radius 2 is 1.84 bits per heavy atom. The molecule has 0 unspecified atom stereocenters. The highest BCUT2D eigenvalue weighted by molar-refractivity contribution is 5.93. The van der Waals surface area contributed by atoms with Gasteiger partial charge in [-0.2, -0.15) is 0 Å². The third-order valence-corrected chi connectivity index (χ3v) is 2.63. The Balaban J connectivity index is 0.00000324. The fourth-order valence-corrected chi connectivity index (χ4v) is 1.61. The van der Waals surface area contributed by atoms with Crippen LogP contribution in [0.25, 0.3) is 0 Å². The predicted octanol–water partition coefficient (Wildman–Crippen LogP) is 0.774. The number of halogens is 1. The average Bonchev–Trinajstić information content (AvgIpc) is 2.37. The van der Waals surface area contributed by atoms with Crippen LogP contribution in [-0.4, -0.2) is 36.9 Å². The number of benzene rings is 1. The third kappa shape index (κ3) is 4.89. The lowest BCUT2D eigenvalue weighted by molar-refractivity contribution is -0.131. The van der Waals surface area contributed by atoms with Crippen molar-refractivity contribution in [1.29, 1.82) is 0 Å². The molecule has 1 atom stereocenters. The molecule has 0 bridgehead atoms. The van der Waals surface area contributed by atoms with E-state index in [9.17, 15) is 9.59 Å². The van der Waals surface area contributed by atoms with Gasteiger partial charge in [0.2, 0.25) is 5.91 Å². The molecule has 0 fully saturated rings. The lowest BCUT2D eigenvalue weighted by atomic mass is 10.1. The number of hydrogen-bond acceptors (Lipinski definition) is 3. The smallest absolute Gasteiger partial charge is 0.251 e. The minimum Gasteiger partial charge on any atom is -0.355 e. The lowest BCUT2D eigenvalue weighted by Gasteiger charge is -2.19. The summed E-state index contributed by atoms with van der Waals surface area (Å²) in [6, 6.07) is 6.63. The lowest BCUT2D eigenvalue weighted by Crippen LogP contribution is -2.39. The molecular formula is C13H20ClN3O2. The molecule has 2 amide bonds. The number of rotatable bonds is 4. The van der Waals surface area contributed by atoms with Crippen LogP contribution in [0.4, 0.5) is 0 Å². The molecule has 0 saturated carbocycles. The van der Waals surface area contributed by atoms with E-state index in [2.05, 4.69) is 5.32 Å². The van der Waals surface area contributed by atoms with Crippen LogP contribution >= 0.6 is 12.4 Å². The van der Waals surface area contributed by atoms with Crippen molar-refractivity contribution in [2.75, 3.05) is 14.1 Å². The summed E-state index contributed by atoms with van der Waals surface area (Å²) < 4.78 is 0. The summed E-state index contributed by atoms with van der Waals surface area (Å²) in [6.07, 6.45) is 0. The molecule has 0 aromatic heterocycles. The van der Waals surface area contributed by atoms with Crippen LogP contribution in [0.3, 0.4) is 0 Å². The molecule has 0 radical (unpaired) electrons. The quantitative estimate of drug-likeness (QED) is 0.858. The first-order valence-corrected chi connectivity index (χ1v) is 5.77. The molecule has 0 aliphatic carbocycles. The summed E-state index contributed by atoms with van der Waals surface area (Å²) >= 11 is 0. The highest BCUT2D eigenvalue weighted by atomic mass is 35.5. The molecule has 0 aliphatic heterocycles. The number of carbonyl (C=O) groups is 2. The Kier molecular flexibility index (Phi) is 7.11. The summed E-state index contributed by atoms with van der Waals surface area (Å²) in [5.74, 6) is -0.230. The van der Waals surface area contributed by atoms with Crippen LogP contribution in [0.5, 0.6) is 0 Å². The number of nitrogens with one attached hydrogen (secondary N) is 1. The van der Waals surface area contributed by atoms with Gasteiger partial charge in [-0.25, -0.2) is 0 Å². The Morgan fingerprint density at radius 1 is 1.32 bits per heavy atom. The van der Waals surface area contributed by atoms with E-state index in [1.807, 2.05) is 12.1 Å². The zero-order valence-electron chi connectivity index (χ0n) is 11.3. The molecule has 6 heteroatoms. The third-order valence-electron chi connectivity index (χ3n) is 2.63. The standard InChI is InChI=1S/C13H19N3O2.ClH/c1-9(14)13(18)16(3)8-10-4-6-11(7-5-10)12(17)15-2;/h4-7,9H,8,14H2,1-3H3,(H,15,17);1H/t9-;/m0./s1. The van der Waals surface area contributed by atoms with E-state index in [-0.39, 0.29) is 24.2 Å². The fourth-order valence-electron chi connectivity index (χ4n) is 1.61. The van der Waals surface area contributed by atoms with Crippen molar-refractivity contribution in [3.05, 3.63) is 35.4 Å². The van der Waals surface area contributed by atoms with Crippen LogP contribution < -0.4 is 11.1 Å². The normalized spacial score (nSPS) is 11.2. The summed E-state index contributed by atoms with van der Waals surface area (Å²) in [7, 11) is 3.30. The second-order valence-electron chi connectivity index (χ2n) is 4.26. The highest BCUT2D eigenvalue weighted by Gasteiger charge is 2.13. The second-order valence-corrected chi connectivity index (χ2v) is 4.26. The summed E-state index contributed by atoms with van der Waals surface area (Å²) in [5.41, 5.74) is 7.09. The van der Waals surface area contributed by atoms with Crippen LogP contribution in [-0.2, 0) is 11.3 Å². The van der Waals surface area contributed by atoms with E-state index in [1.165, 1.54) is 0 Å². The molecule has 0 heterocycles. The van der Waals surface area contributed by atoms with Crippen molar-refractivity contribution in [1.82, 2.24) is 10.2 Å². The Bertz CT molecular complexity index is 432. The number of carbonyl (C=O) groups excluding carboxylic acids is 2. The molecule has 0 spiro atoms. The van der Waals surface area contributed by atoms with Gasteiger partial charge < -0.3 is 16.0 Å². The maximum absolute atomic E-state index is 11.6. The van der Waals surface area contributed by atoms with Crippen LogP contribution in [0.15, 0.2) is 24.3 Å². The van der Waals surface area contributed by atoms with Crippen molar-refractivity contribution in [2.45, 2.75) is 19.5 Å². The van der Waals surface area contributed by atoms with Gasteiger partial charge in [0.1, 0.15) is 0 Å². The van der Waals surface area contributed by atoms with Gasteiger partial charge >= 0.3 is 0 Å². The molecule has 1 rings (SSSR count). The molecule has 19 heavy (non-hydrogen) atoms. The maximum atomic E-state index is 11.6. The van der Waals surface area contributed by atoms with Gasteiger partial charge in [0.05, 0.1) is 6.04 Å². The average molecular weight is 286 g/mol. The topological polar surface area (TPSA) is 75.4 Å². The van der Waals surface area contributed by atoms with Gasteiger partial charge in [-0.3, -0.25) is 9.59 Å². The van der Waals surface area contributed by atoms with Gasteiger partial charge in [0.25, 0.3) is 5.91 Å². The van der Waals surface area contributed by atoms with E-state index in [4.69, 9.17) is 5.73 Å². The number of nitrogens with two attached hydrogens (primary N) is 1. The van der Waals surface area contributed by atoms with E-state index < -0.39 is 6.04 Å². The van der Waals surface area contributed by atoms with E-state index in [1.54, 1.807) is 38.1 Å². The SMILES string of the molecule is CNC(=O)c1ccc(CN(C)C(=O)[C@H](C)N)cc1.Cl. The minimum absolute atomic E-state index is 0. The van der Waals surface area contributed by atoms with Gasteiger partial charge in [-0.05, 0) is 24.6 Å². The number of likely N-dealkylation sites (N-methyl/N-ethyl adjacent to an activating group) is 1. The van der Waals surface area contributed by atoms with Crippen molar-refractivity contribution in [2.24, 2.45) is 5.73 Å². The van der Waals surface area contributed by atoms with Crippen molar-refractivity contribution >= 4 is 24.2 Å². The Labute approximate surface area is 119 Å². The molecule has 0 saturated heterocycles. The number of hydrogen-bond donors (Lipinski definition) is 2. The van der Waals surface area contributed by atoms with Gasteiger partial charge in [0.15, 0.2) is 0 Å². The first-order valence-electron chi connectivity index (χ1n) is 5.77. The number of amides is 2. The zero-order chi connectivity index (χ0) is 13.7. The first-order chi connectivity index (χ1) is 8.45. The fraction of sp³-hybridized carbons (Fsp3) is 0.385. The largest absolute Gasteiger partial charge is 0.355 e. The Morgan fingerprint density at radius 3 is 2.26 bits per heavy atom. The minimum atomic E-state index is -0.500. The predicted molar refractivity (Wildman–Crippen MR) is 77.2 cm³/mol. The van der Waals surface area contributed by atoms with Crippen molar-refractivity contribution in [3.8, 4) is 0 Å². The van der Waals surface area contributed by atoms with Crippen molar-refractivity contribution in [3.63, 3.8) is 0 Å². The van der Waals surface area contributed by atoms with Crippen LogP contribution in [0.2, 0.25) is 0 Å². The van der Waals surface area contributed by atoms with Gasteiger partial charge in [0, 0.05) is 26.2 Å². The second kappa shape index (κ2) is 7.76. The Hall–Kier alpha value is -1.59. The van der Waals surface area contributed by atoms with Gasteiger partial charge in [-0.1, -0.05) is 12.1 Å². The van der Waals surface area contributed by atoms with E-state index >= 15 is 0 Å². The molecule has 5 nitrogen and oxygen atoms in total. The number of nitrogens with zero attached hydrogens (tertiary/aromatic N) is 1. The first kappa shape index (κ1) is 17.4. The molecule has 1 aromatic carbocycles. The van der Waals surface area contributed by atoms with Crippen LogP contribution in [0.1, 0.15) is 22.8 Å². The monoisotopic (exact) mass is 285 g/mol. The zero-order valence-corrected chi connectivity index (χ0v) is 12.2. The molecule has 106 valence electrons. The molecular weight excluding hydrogens is 266 g/mol. The van der Waals surface area contributed by atoms with E-state index in [0.29, 0.717) is 12.1 Å². The molecule has 3 N–H and O–H groups in total. The molecule has 0 aliphatic rings. The summed E-state index contributed by atoms with van der Waals surface area (Å²) in [5, 5.41) is 2.55. The van der Waals surface area contributed by atoms with E-state index in [0.717, 1.165) is 5.56 Å². The van der Waals surface area contributed by atoms with Gasteiger partial charge in [-0.15, -0.1) is 12.4 Å². The summed E-state index contributed by atoms with van der Waals surface area (Å²) in [4.78, 5) is 24.5. The highest BCUT2D eigenvalue weighted by Crippen LogP contribution is 2.07. The van der Waals surface area contributed by atoms with Crippen molar-refractivity contribution < 1.29 is 9.59 Å². The molecule has 1 aromatic rings. The maximum Gasteiger partial charge on any atom is 0.251 e. The summed E-state index contributed by atoms with van der Waals surface area (Å²) in [6.45, 7) is 2.14.